The minimum atomic E-state index is -0.0132. The second-order valence-corrected chi connectivity index (χ2v) is 6.73. The van der Waals surface area contributed by atoms with Gasteiger partial charge in [-0.3, -0.25) is 14.4 Å². The Bertz CT molecular complexity index is 555. The number of nitrogens with zero attached hydrogens (tertiary/aromatic N) is 3. The standard InChI is InChI=1S/C17H28N4O2/c1-20-16(14-7-2-3-8-15(14)19-20)17(23)18-9-11-21-10-5-4-6-13(21)12-22/h13,22H,2-12H2,1H3,(H,18,23)/t13-/m1/s1. The van der Waals surface area contributed by atoms with Crippen molar-refractivity contribution in [2.75, 3.05) is 26.2 Å². The average molecular weight is 320 g/mol. The van der Waals surface area contributed by atoms with E-state index in [9.17, 15) is 9.90 Å². The maximum Gasteiger partial charge on any atom is 0.269 e. The fourth-order valence-corrected chi connectivity index (χ4v) is 3.92. The van der Waals surface area contributed by atoms with Gasteiger partial charge in [-0.05, 0) is 45.1 Å². The lowest BCUT2D eigenvalue weighted by Crippen LogP contribution is -2.45. The number of aliphatic hydroxyl groups excluding tert-OH is 1. The maximum absolute atomic E-state index is 12.6. The fourth-order valence-electron chi connectivity index (χ4n) is 3.92. The molecule has 128 valence electrons. The second kappa shape index (κ2) is 7.45. The summed E-state index contributed by atoms with van der Waals surface area (Å²) in [5.41, 5.74) is 2.97. The van der Waals surface area contributed by atoms with Crippen LogP contribution in [0.15, 0.2) is 0 Å². The van der Waals surface area contributed by atoms with E-state index in [1.165, 1.54) is 19.3 Å². The summed E-state index contributed by atoms with van der Waals surface area (Å²) < 4.78 is 1.74. The zero-order chi connectivity index (χ0) is 16.2. The number of piperidine rings is 1. The van der Waals surface area contributed by atoms with Crippen LogP contribution in [-0.4, -0.2) is 58.0 Å². The van der Waals surface area contributed by atoms with E-state index in [4.69, 9.17) is 0 Å². The van der Waals surface area contributed by atoms with Crippen LogP contribution in [0.4, 0.5) is 0 Å². The molecule has 1 aromatic rings. The number of aliphatic hydroxyl groups is 1. The number of likely N-dealkylation sites (tertiary alicyclic amines) is 1. The van der Waals surface area contributed by atoms with Crippen LogP contribution in [0, 0.1) is 0 Å². The fraction of sp³-hybridized carbons (Fsp3) is 0.765. The Morgan fingerprint density at radius 1 is 1.30 bits per heavy atom. The van der Waals surface area contributed by atoms with Crippen molar-refractivity contribution in [3.8, 4) is 0 Å². The first-order chi connectivity index (χ1) is 11.2. The van der Waals surface area contributed by atoms with Crippen LogP contribution in [0.25, 0.3) is 0 Å². The highest BCUT2D eigenvalue weighted by Crippen LogP contribution is 2.23. The summed E-state index contributed by atoms with van der Waals surface area (Å²) in [5.74, 6) is -0.0132. The predicted octanol–water partition coefficient (Wildman–Crippen LogP) is 0.876. The number of fused-ring (bicyclic) bond motifs is 1. The summed E-state index contributed by atoms with van der Waals surface area (Å²) in [4.78, 5) is 14.8. The number of hydrogen-bond donors (Lipinski definition) is 2. The lowest BCUT2D eigenvalue weighted by molar-refractivity contribution is 0.0844. The van der Waals surface area contributed by atoms with Crippen molar-refractivity contribution in [1.29, 1.82) is 0 Å². The summed E-state index contributed by atoms with van der Waals surface area (Å²) in [6.45, 7) is 2.65. The molecule has 1 aliphatic carbocycles. The predicted molar refractivity (Wildman–Crippen MR) is 88.5 cm³/mol. The second-order valence-electron chi connectivity index (χ2n) is 6.73. The van der Waals surface area contributed by atoms with E-state index in [0.717, 1.165) is 55.7 Å². The number of aryl methyl sites for hydroxylation is 2. The van der Waals surface area contributed by atoms with E-state index in [0.29, 0.717) is 6.54 Å². The van der Waals surface area contributed by atoms with Crippen molar-refractivity contribution in [2.24, 2.45) is 7.05 Å². The van der Waals surface area contributed by atoms with Gasteiger partial charge in [-0.1, -0.05) is 6.42 Å². The Hall–Kier alpha value is -1.40. The molecule has 0 bridgehead atoms. The van der Waals surface area contributed by atoms with Crippen LogP contribution in [0.3, 0.4) is 0 Å². The molecular weight excluding hydrogens is 292 g/mol. The van der Waals surface area contributed by atoms with E-state index in [-0.39, 0.29) is 18.6 Å². The first-order valence-corrected chi connectivity index (χ1v) is 8.88. The van der Waals surface area contributed by atoms with Gasteiger partial charge in [0, 0.05) is 31.7 Å². The van der Waals surface area contributed by atoms with Gasteiger partial charge in [-0.2, -0.15) is 5.10 Å². The van der Waals surface area contributed by atoms with Gasteiger partial charge in [0.25, 0.3) is 5.91 Å². The molecular formula is C17H28N4O2. The lowest BCUT2D eigenvalue weighted by Gasteiger charge is -2.34. The van der Waals surface area contributed by atoms with Crippen molar-refractivity contribution in [1.82, 2.24) is 20.0 Å². The molecule has 0 radical (unpaired) electrons. The third kappa shape index (κ3) is 3.58. The van der Waals surface area contributed by atoms with Crippen LogP contribution < -0.4 is 5.32 Å². The minimum absolute atomic E-state index is 0.0132. The van der Waals surface area contributed by atoms with Gasteiger partial charge in [0.2, 0.25) is 0 Å². The van der Waals surface area contributed by atoms with Crippen molar-refractivity contribution in [3.05, 3.63) is 17.0 Å². The Labute approximate surface area is 137 Å². The summed E-state index contributed by atoms with van der Waals surface area (Å²) in [5, 5.41) is 17.0. The molecule has 2 heterocycles. The molecule has 0 spiro atoms. The molecule has 6 nitrogen and oxygen atoms in total. The van der Waals surface area contributed by atoms with Crippen molar-refractivity contribution in [3.63, 3.8) is 0 Å². The Balaban J connectivity index is 1.56. The third-order valence-electron chi connectivity index (χ3n) is 5.18. The maximum atomic E-state index is 12.6. The normalized spacial score (nSPS) is 21.9. The molecule has 2 N–H and O–H groups in total. The summed E-state index contributed by atoms with van der Waals surface area (Å²) >= 11 is 0. The van der Waals surface area contributed by atoms with Crippen LogP contribution in [0.2, 0.25) is 0 Å². The first kappa shape index (κ1) is 16.5. The Morgan fingerprint density at radius 3 is 2.96 bits per heavy atom. The highest BCUT2D eigenvalue weighted by atomic mass is 16.3. The molecule has 6 heteroatoms. The number of hydrogen-bond acceptors (Lipinski definition) is 4. The molecule has 1 aromatic heterocycles. The lowest BCUT2D eigenvalue weighted by atomic mass is 9.95. The molecule has 1 atom stereocenters. The average Bonchev–Trinajstić information content (AvgIpc) is 2.91. The molecule has 1 saturated heterocycles. The molecule has 1 amide bonds. The van der Waals surface area contributed by atoms with Gasteiger partial charge < -0.3 is 10.4 Å². The Kier molecular flexibility index (Phi) is 5.33. The summed E-state index contributed by atoms with van der Waals surface area (Å²) in [6, 6.07) is 0.255. The largest absolute Gasteiger partial charge is 0.395 e. The monoisotopic (exact) mass is 320 g/mol. The number of amides is 1. The zero-order valence-corrected chi connectivity index (χ0v) is 14.1. The number of carbonyl (C=O) groups is 1. The SMILES string of the molecule is Cn1nc2c(c1C(=O)NCCN1CCCC[C@@H]1CO)CCCC2. The molecule has 1 aliphatic heterocycles. The number of rotatable bonds is 5. The number of nitrogens with one attached hydrogen (secondary N) is 1. The van der Waals surface area contributed by atoms with Crippen molar-refractivity contribution in [2.45, 2.75) is 51.0 Å². The number of aromatic nitrogens is 2. The van der Waals surface area contributed by atoms with E-state index in [1.54, 1.807) is 4.68 Å². The van der Waals surface area contributed by atoms with Gasteiger partial charge in [0.15, 0.2) is 0 Å². The van der Waals surface area contributed by atoms with Crippen molar-refractivity contribution < 1.29 is 9.90 Å². The van der Waals surface area contributed by atoms with Crippen LogP contribution in [0.1, 0.15) is 53.8 Å². The molecule has 3 rings (SSSR count). The van der Waals surface area contributed by atoms with E-state index >= 15 is 0 Å². The number of carbonyl (C=O) groups excluding carboxylic acids is 1. The molecule has 0 unspecified atom stereocenters. The Morgan fingerprint density at radius 2 is 2.13 bits per heavy atom. The van der Waals surface area contributed by atoms with Crippen LogP contribution in [0.5, 0.6) is 0 Å². The van der Waals surface area contributed by atoms with E-state index < -0.39 is 0 Å². The molecule has 2 aliphatic rings. The quantitative estimate of drug-likeness (QED) is 0.845. The van der Waals surface area contributed by atoms with Crippen LogP contribution >= 0.6 is 0 Å². The highest BCUT2D eigenvalue weighted by molar-refractivity contribution is 5.94. The zero-order valence-electron chi connectivity index (χ0n) is 14.1. The van der Waals surface area contributed by atoms with E-state index in [1.807, 2.05) is 7.05 Å². The first-order valence-electron chi connectivity index (χ1n) is 8.88. The minimum Gasteiger partial charge on any atom is -0.395 e. The van der Waals surface area contributed by atoms with Gasteiger partial charge in [0.1, 0.15) is 5.69 Å². The van der Waals surface area contributed by atoms with Gasteiger partial charge in [0.05, 0.1) is 12.3 Å². The van der Waals surface area contributed by atoms with Crippen molar-refractivity contribution >= 4 is 5.91 Å². The summed E-state index contributed by atoms with van der Waals surface area (Å²) in [6.07, 6.45) is 7.69. The molecule has 0 saturated carbocycles. The van der Waals surface area contributed by atoms with Gasteiger partial charge >= 0.3 is 0 Å². The molecule has 1 fully saturated rings. The molecule has 23 heavy (non-hydrogen) atoms. The molecule has 0 aromatic carbocycles. The third-order valence-corrected chi connectivity index (χ3v) is 5.18. The van der Waals surface area contributed by atoms with Crippen LogP contribution in [-0.2, 0) is 19.9 Å². The topological polar surface area (TPSA) is 70.4 Å². The highest BCUT2D eigenvalue weighted by Gasteiger charge is 2.24. The smallest absolute Gasteiger partial charge is 0.269 e. The van der Waals surface area contributed by atoms with E-state index in [2.05, 4.69) is 15.3 Å². The summed E-state index contributed by atoms with van der Waals surface area (Å²) in [7, 11) is 1.86. The van der Waals surface area contributed by atoms with Gasteiger partial charge in [-0.15, -0.1) is 0 Å². The van der Waals surface area contributed by atoms with Gasteiger partial charge in [-0.25, -0.2) is 0 Å².